The van der Waals surface area contributed by atoms with Gasteiger partial charge in [-0.05, 0) is 43.2 Å². The van der Waals surface area contributed by atoms with Crippen molar-refractivity contribution >= 4 is 32.4 Å². The minimum atomic E-state index is -3.41. The Bertz CT molecular complexity index is 1280. The minimum Gasteiger partial charge on any atom is -0.363 e. The molecule has 0 bridgehead atoms. The van der Waals surface area contributed by atoms with Crippen LogP contribution in [0.2, 0.25) is 0 Å². The van der Waals surface area contributed by atoms with E-state index in [9.17, 15) is 8.42 Å². The Hall–Kier alpha value is -3.52. The number of hydrogen-bond donors (Lipinski definition) is 2. The van der Waals surface area contributed by atoms with Crippen molar-refractivity contribution in [2.45, 2.75) is 19.9 Å². The lowest BCUT2D eigenvalue weighted by molar-refractivity contribution is 0.606. The molecule has 0 aliphatic carbocycles. The van der Waals surface area contributed by atoms with Crippen LogP contribution in [-0.4, -0.2) is 35.7 Å². The molecular weight excluding hydrogens is 410 g/mol. The van der Waals surface area contributed by atoms with Gasteiger partial charge in [-0.1, -0.05) is 37.5 Å². The molecule has 0 fully saturated rings. The number of nitrogens with zero attached hydrogens (tertiary/aromatic N) is 3. The number of hydrogen-bond acceptors (Lipinski definition) is 6. The van der Waals surface area contributed by atoms with E-state index in [0.29, 0.717) is 17.2 Å². The van der Waals surface area contributed by atoms with Gasteiger partial charge in [0.25, 0.3) is 0 Å². The Morgan fingerprint density at radius 2 is 1.94 bits per heavy atom. The van der Waals surface area contributed by atoms with Crippen molar-refractivity contribution in [3.8, 4) is 11.1 Å². The summed E-state index contributed by atoms with van der Waals surface area (Å²) in [7, 11) is -3.41. The first-order chi connectivity index (χ1) is 14.7. The van der Waals surface area contributed by atoms with Crippen LogP contribution in [0.5, 0.6) is 0 Å². The van der Waals surface area contributed by atoms with Crippen molar-refractivity contribution in [3.05, 3.63) is 79.4 Å². The quantitative estimate of drug-likeness (QED) is 0.507. The van der Waals surface area contributed by atoms with E-state index in [4.69, 9.17) is 0 Å². The first kappa shape index (κ1) is 22.2. The van der Waals surface area contributed by atoms with Gasteiger partial charge in [-0.25, -0.2) is 18.4 Å². The van der Waals surface area contributed by atoms with E-state index in [1.807, 2.05) is 37.3 Å². The normalized spacial score (nSPS) is 12.6. The highest BCUT2D eigenvalue weighted by Crippen LogP contribution is 2.29. The maximum Gasteiger partial charge on any atom is 0.229 e. The maximum atomic E-state index is 11.7. The van der Waals surface area contributed by atoms with Crippen molar-refractivity contribution in [1.82, 2.24) is 15.0 Å². The lowest BCUT2D eigenvalue weighted by atomic mass is 10.0. The third-order valence-electron chi connectivity index (χ3n) is 4.71. The molecule has 2 N–H and O–H groups in total. The Morgan fingerprint density at radius 1 is 1.16 bits per heavy atom. The molecule has 1 unspecified atom stereocenters. The second kappa shape index (κ2) is 9.09. The number of anilines is 2. The number of allylic oxidation sites excluding steroid dienone is 2. The van der Waals surface area contributed by atoms with Crippen molar-refractivity contribution in [2.24, 2.45) is 0 Å². The third kappa shape index (κ3) is 5.55. The highest BCUT2D eigenvalue weighted by molar-refractivity contribution is 7.92. The predicted molar refractivity (Wildman–Crippen MR) is 128 cm³/mol. The summed E-state index contributed by atoms with van der Waals surface area (Å²) in [6.07, 6.45) is 9.78. The van der Waals surface area contributed by atoms with Crippen LogP contribution in [0.4, 0.5) is 11.5 Å². The number of aryl methyl sites for hydroxylation is 1. The van der Waals surface area contributed by atoms with Gasteiger partial charge in [-0.3, -0.25) is 9.71 Å². The summed E-state index contributed by atoms with van der Waals surface area (Å²) in [6.45, 7) is 11.5. The van der Waals surface area contributed by atoms with Crippen molar-refractivity contribution in [2.75, 3.05) is 16.3 Å². The predicted octanol–water partition coefficient (Wildman–Crippen LogP) is 4.47. The van der Waals surface area contributed by atoms with Crippen LogP contribution in [0.1, 0.15) is 12.6 Å². The van der Waals surface area contributed by atoms with Crippen molar-refractivity contribution in [3.63, 3.8) is 0 Å². The molecule has 0 aliphatic rings. The first-order valence-electron chi connectivity index (χ1n) is 9.62. The molecule has 3 rings (SSSR count). The second-order valence-electron chi connectivity index (χ2n) is 7.22. The molecule has 0 radical (unpaired) electrons. The number of aromatic nitrogens is 3. The van der Waals surface area contributed by atoms with Crippen LogP contribution in [0.3, 0.4) is 0 Å². The zero-order chi connectivity index (χ0) is 22.6. The van der Waals surface area contributed by atoms with Crippen LogP contribution >= 0.6 is 0 Å². The summed E-state index contributed by atoms with van der Waals surface area (Å²) >= 11 is 0. The van der Waals surface area contributed by atoms with E-state index < -0.39 is 10.0 Å². The Kier molecular flexibility index (Phi) is 6.50. The molecule has 2 aromatic heterocycles. The Labute approximate surface area is 182 Å². The second-order valence-corrected chi connectivity index (χ2v) is 8.97. The van der Waals surface area contributed by atoms with Gasteiger partial charge in [0.05, 0.1) is 23.2 Å². The lowest BCUT2D eigenvalue weighted by Crippen LogP contribution is -2.17. The van der Waals surface area contributed by atoms with Gasteiger partial charge in [0.15, 0.2) is 0 Å². The molecule has 0 spiro atoms. The van der Waals surface area contributed by atoms with Gasteiger partial charge in [0, 0.05) is 23.2 Å². The fourth-order valence-corrected chi connectivity index (χ4v) is 3.59. The highest BCUT2D eigenvalue weighted by Gasteiger charge is 2.12. The third-order valence-corrected chi connectivity index (χ3v) is 5.30. The van der Waals surface area contributed by atoms with E-state index in [1.165, 1.54) is 6.33 Å². The van der Waals surface area contributed by atoms with Gasteiger partial charge in [-0.2, -0.15) is 0 Å². The average Bonchev–Trinajstić information content (AvgIpc) is 2.72. The van der Waals surface area contributed by atoms with Crippen LogP contribution in [0, 0.1) is 6.92 Å². The first-order valence-corrected chi connectivity index (χ1v) is 11.5. The smallest absolute Gasteiger partial charge is 0.229 e. The zero-order valence-electron chi connectivity index (χ0n) is 17.8. The fourth-order valence-electron chi connectivity index (χ4n) is 2.98. The molecule has 160 valence electrons. The summed E-state index contributed by atoms with van der Waals surface area (Å²) in [5, 5.41) is 4.22. The van der Waals surface area contributed by atoms with E-state index >= 15 is 0 Å². The van der Waals surface area contributed by atoms with Crippen molar-refractivity contribution in [1.29, 1.82) is 0 Å². The number of rotatable bonds is 8. The molecule has 2 heterocycles. The van der Waals surface area contributed by atoms with Crippen LogP contribution in [-0.2, 0) is 10.0 Å². The molecule has 0 saturated heterocycles. The van der Waals surface area contributed by atoms with Crippen LogP contribution < -0.4 is 10.0 Å². The summed E-state index contributed by atoms with van der Waals surface area (Å²) in [5.41, 5.74) is 4.37. The largest absolute Gasteiger partial charge is 0.363 e. The highest BCUT2D eigenvalue weighted by atomic mass is 32.2. The molecule has 8 heteroatoms. The van der Waals surface area contributed by atoms with E-state index in [1.54, 1.807) is 25.3 Å². The summed E-state index contributed by atoms with van der Waals surface area (Å²) in [5.74, 6) is 0.682. The number of benzene rings is 1. The fraction of sp³-hybridized carbons (Fsp3) is 0.174. The molecule has 0 aliphatic heterocycles. The average molecular weight is 436 g/mol. The molecule has 0 amide bonds. The molecule has 3 aromatic rings. The summed E-state index contributed by atoms with van der Waals surface area (Å²) in [6, 6.07) is 7.50. The van der Waals surface area contributed by atoms with E-state index in [2.05, 4.69) is 38.1 Å². The minimum absolute atomic E-state index is 0.0513. The molecular formula is C23H25N5O2S. The maximum absolute atomic E-state index is 11.7. The molecule has 1 aromatic carbocycles. The Balaban J connectivity index is 2.00. The number of fused-ring (bicyclic) bond motifs is 1. The lowest BCUT2D eigenvalue weighted by Gasteiger charge is -2.16. The molecule has 0 saturated carbocycles. The van der Waals surface area contributed by atoms with Gasteiger partial charge in [0.2, 0.25) is 10.0 Å². The summed E-state index contributed by atoms with van der Waals surface area (Å²) < 4.78 is 25.8. The van der Waals surface area contributed by atoms with Crippen LogP contribution in [0.15, 0.2) is 73.7 Å². The van der Waals surface area contributed by atoms with Gasteiger partial charge in [0.1, 0.15) is 12.1 Å². The summed E-state index contributed by atoms with van der Waals surface area (Å²) in [4.78, 5) is 13.1. The zero-order valence-corrected chi connectivity index (χ0v) is 18.6. The Morgan fingerprint density at radius 3 is 2.65 bits per heavy atom. The monoisotopic (exact) mass is 435 g/mol. The van der Waals surface area contributed by atoms with Gasteiger partial charge < -0.3 is 5.32 Å². The van der Waals surface area contributed by atoms with Crippen molar-refractivity contribution < 1.29 is 8.42 Å². The number of nitrogens with one attached hydrogen (secondary N) is 2. The van der Waals surface area contributed by atoms with Gasteiger partial charge >= 0.3 is 0 Å². The standard InChI is InChI=1S/C23H25N5O2S/c1-6-7-8-15(2)16(3)27-23-20-11-18(9-10-21(20)25-14-26-23)19-12-22(17(4)24-13-19)28-31(5,29)30/h6-14,16,28H,1-2H2,3-5H3,(H,25,26,27)/b8-7-. The van der Waals surface area contributed by atoms with Gasteiger partial charge in [-0.15, -0.1) is 0 Å². The number of sulfonamides is 1. The topological polar surface area (TPSA) is 96.9 Å². The van der Waals surface area contributed by atoms with E-state index in [-0.39, 0.29) is 6.04 Å². The number of pyridine rings is 1. The van der Waals surface area contributed by atoms with E-state index in [0.717, 1.165) is 33.9 Å². The molecule has 1 atom stereocenters. The molecule has 7 nitrogen and oxygen atoms in total. The molecule has 31 heavy (non-hydrogen) atoms. The SMILES string of the molecule is C=C/C=C\C(=C)C(C)Nc1ncnc2ccc(-c3cnc(C)c(NS(C)(=O)=O)c3)cc12. The van der Waals surface area contributed by atoms with Crippen LogP contribution in [0.25, 0.3) is 22.0 Å².